The third kappa shape index (κ3) is 5.44. The lowest BCUT2D eigenvalue weighted by Gasteiger charge is -2.31. The molecule has 2 fully saturated rings. The van der Waals surface area contributed by atoms with Crippen molar-refractivity contribution in [2.24, 2.45) is 0 Å². The van der Waals surface area contributed by atoms with E-state index in [-0.39, 0.29) is 17.8 Å². The molecule has 2 aromatic carbocycles. The number of nitrogens with one attached hydrogen (secondary N) is 1. The van der Waals surface area contributed by atoms with Crippen LogP contribution in [0.15, 0.2) is 48.5 Å². The Morgan fingerprint density at radius 1 is 1.13 bits per heavy atom. The largest absolute Gasteiger partial charge is 0.376 e. The lowest BCUT2D eigenvalue weighted by molar-refractivity contribution is -0.0212. The van der Waals surface area contributed by atoms with Crippen molar-refractivity contribution in [3.8, 4) is 0 Å². The molecular weight excluding hydrogens is 414 g/mol. The van der Waals surface area contributed by atoms with E-state index in [1.807, 2.05) is 12.1 Å². The number of amides is 1. The maximum atomic E-state index is 12.6. The second-order valence-electron chi connectivity index (χ2n) is 8.21. The molecule has 0 bridgehead atoms. The summed E-state index contributed by atoms with van der Waals surface area (Å²) >= 11 is 0. The van der Waals surface area contributed by atoms with Crippen molar-refractivity contribution in [1.29, 1.82) is 0 Å². The first-order valence-corrected chi connectivity index (χ1v) is 12.3. The number of rotatable bonds is 6. The third-order valence-corrected chi connectivity index (χ3v) is 7.56. The molecule has 7 nitrogen and oxygen atoms in total. The maximum Gasteiger partial charge on any atom is 0.251 e. The molecular formula is C23H29N3O4S. The van der Waals surface area contributed by atoms with Crippen LogP contribution >= 0.6 is 0 Å². The molecule has 0 aliphatic carbocycles. The van der Waals surface area contributed by atoms with E-state index >= 15 is 0 Å². The monoisotopic (exact) mass is 443 g/mol. The summed E-state index contributed by atoms with van der Waals surface area (Å²) in [7, 11) is -3.22. The first kappa shape index (κ1) is 21.8. The first-order valence-electron chi connectivity index (χ1n) is 10.7. The molecule has 1 atom stereocenters. The van der Waals surface area contributed by atoms with E-state index in [4.69, 9.17) is 4.74 Å². The molecule has 4 rings (SSSR count). The average molecular weight is 444 g/mol. The number of morpholine rings is 1. The van der Waals surface area contributed by atoms with Gasteiger partial charge in [0.15, 0.2) is 0 Å². The van der Waals surface area contributed by atoms with Crippen LogP contribution in [0, 0.1) is 0 Å². The van der Waals surface area contributed by atoms with Gasteiger partial charge in [-0.15, -0.1) is 0 Å². The Labute approximate surface area is 184 Å². The van der Waals surface area contributed by atoms with Gasteiger partial charge in [-0.05, 0) is 48.7 Å². The lowest BCUT2D eigenvalue weighted by Crippen LogP contribution is -2.40. The molecule has 2 heterocycles. The molecule has 0 aromatic heterocycles. The fourth-order valence-corrected chi connectivity index (χ4v) is 5.69. The Kier molecular flexibility index (Phi) is 6.60. The van der Waals surface area contributed by atoms with Crippen molar-refractivity contribution in [2.45, 2.75) is 32.5 Å². The third-order valence-electron chi connectivity index (χ3n) is 5.69. The minimum Gasteiger partial charge on any atom is -0.376 e. The predicted octanol–water partition coefficient (Wildman–Crippen LogP) is 2.38. The summed E-state index contributed by atoms with van der Waals surface area (Å²) in [6.45, 7) is 6.52. The molecule has 8 heteroatoms. The number of anilines is 1. The number of benzene rings is 2. The average Bonchev–Trinajstić information content (AvgIpc) is 3.11. The highest BCUT2D eigenvalue weighted by Gasteiger charge is 2.28. The van der Waals surface area contributed by atoms with E-state index in [1.54, 1.807) is 24.3 Å². The summed E-state index contributed by atoms with van der Waals surface area (Å²) < 4.78 is 31.1. The summed E-state index contributed by atoms with van der Waals surface area (Å²) in [6, 6.07) is 15.0. The molecule has 1 unspecified atom stereocenters. The van der Waals surface area contributed by atoms with Gasteiger partial charge in [0.05, 0.1) is 24.2 Å². The topological polar surface area (TPSA) is 79.0 Å². The molecule has 2 saturated heterocycles. The van der Waals surface area contributed by atoms with Gasteiger partial charge in [-0.3, -0.25) is 14.0 Å². The fraction of sp³-hybridized carbons (Fsp3) is 0.435. The number of ether oxygens (including phenoxy) is 1. The maximum absolute atomic E-state index is 12.6. The molecule has 0 radical (unpaired) electrons. The van der Waals surface area contributed by atoms with Gasteiger partial charge in [0, 0.05) is 38.3 Å². The molecule has 1 N–H and O–H groups in total. The van der Waals surface area contributed by atoms with Crippen LogP contribution in [0.5, 0.6) is 0 Å². The number of hydrogen-bond acceptors (Lipinski definition) is 5. The van der Waals surface area contributed by atoms with Gasteiger partial charge in [0.2, 0.25) is 10.0 Å². The number of hydrogen-bond donors (Lipinski definition) is 1. The zero-order valence-electron chi connectivity index (χ0n) is 17.8. The number of nitrogens with zero attached hydrogens (tertiary/aromatic N) is 2. The Morgan fingerprint density at radius 3 is 2.61 bits per heavy atom. The molecule has 2 aliphatic rings. The summed E-state index contributed by atoms with van der Waals surface area (Å²) in [5, 5.41) is 2.95. The quantitative estimate of drug-likeness (QED) is 0.742. The first-order chi connectivity index (χ1) is 14.9. The number of sulfonamides is 1. The number of carbonyl (C=O) groups is 1. The Balaban J connectivity index is 1.33. The van der Waals surface area contributed by atoms with Crippen LogP contribution in [-0.2, 0) is 27.8 Å². The van der Waals surface area contributed by atoms with Crippen LogP contribution in [0.1, 0.15) is 34.8 Å². The van der Waals surface area contributed by atoms with Gasteiger partial charge in [-0.1, -0.05) is 24.3 Å². The standard InChI is InChI=1S/C23H29N3O4S/c1-18-16-25(11-12-30-18)17-20-5-2-4-19(14-20)15-24-23(27)21-6-8-22(9-7-21)26-10-3-13-31(26,28)29/h2,4-9,14,18H,3,10-13,15-17H2,1H3,(H,24,27). The van der Waals surface area contributed by atoms with Crippen molar-refractivity contribution >= 4 is 21.6 Å². The SMILES string of the molecule is CC1CN(Cc2cccc(CNC(=O)c3ccc(N4CCCS4(=O)=O)cc3)c2)CCO1. The smallest absolute Gasteiger partial charge is 0.251 e. The van der Waals surface area contributed by atoms with E-state index in [0.29, 0.717) is 30.8 Å². The van der Waals surface area contributed by atoms with Gasteiger partial charge in [-0.2, -0.15) is 0 Å². The summed E-state index contributed by atoms with van der Waals surface area (Å²) in [4.78, 5) is 14.9. The highest BCUT2D eigenvalue weighted by atomic mass is 32.2. The second kappa shape index (κ2) is 9.38. The Hall–Kier alpha value is -2.42. The predicted molar refractivity (Wildman–Crippen MR) is 120 cm³/mol. The summed E-state index contributed by atoms with van der Waals surface area (Å²) in [5.74, 6) is 0.00187. The summed E-state index contributed by atoms with van der Waals surface area (Å²) in [6.07, 6.45) is 0.891. The van der Waals surface area contributed by atoms with Gasteiger partial charge < -0.3 is 10.1 Å². The van der Waals surface area contributed by atoms with Crippen molar-refractivity contribution in [3.05, 3.63) is 65.2 Å². The van der Waals surface area contributed by atoms with E-state index in [1.165, 1.54) is 9.87 Å². The van der Waals surface area contributed by atoms with Crippen LogP contribution in [0.25, 0.3) is 0 Å². The van der Waals surface area contributed by atoms with E-state index < -0.39 is 10.0 Å². The van der Waals surface area contributed by atoms with Crippen molar-refractivity contribution < 1.29 is 17.9 Å². The lowest BCUT2D eigenvalue weighted by atomic mass is 10.1. The van der Waals surface area contributed by atoms with E-state index in [0.717, 1.165) is 31.8 Å². The highest BCUT2D eigenvalue weighted by molar-refractivity contribution is 7.93. The van der Waals surface area contributed by atoms with Gasteiger partial charge in [-0.25, -0.2) is 8.42 Å². The minimum atomic E-state index is -3.22. The van der Waals surface area contributed by atoms with Gasteiger partial charge in [0.1, 0.15) is 0 Å². The fourth-order valence-electron chi connectivity index (χ4n) is 4.12. The molecule has 0 spiro atoms. The van der Waals surface area contributed by atoms with Crippen LogP contribution in [0.4, 0.5) is 5.69 Å². The van der Waals surface area contributed by atoms with Gasteiger partial charge in [0.25, 0.3) is 5.91 Å². The molecule has 0 saturated carbocycles. The van der Waals surface area contributed by atoms with Crippen molar-refractivity contribution in [2.75, 3.05) is 36.3 Å². The normalized spacial score (nSPS) is 21.2. The molecule has 1 amide bonds. The van der Waals surface area contributed by atoms with Crippen LogP contribution < -0.4 is 9.62 Å². The van der Waals surface area contributed by atoms with Crippen molar-refractivity contribution in [3.63, 3.8) is 0 Å². The van der Waals surface area contributed by atoms with E-state index in [2.05, 4.69) is 29.3 Å². The van der Waals surface area contributed by atoms with Crippen molar-refractivity contribution in [1.82, 2.24) is 10.2 Å². The molecule has 2 aliphatic heterocycles. The van der Waals surface area contributed by atoms with Crippen LogP contribution in [0.3, 0.4) is 0 Å². The van der Waals surface area contributed by atoms with Crippen LogP contribution in [0.2, 0.25) is 0 Å². The molecule has 166 valence electrons. The second-order valence-corrected chi connectivity index (χ2v) is 10.2. The molecule has 31 heavy (non-hydrogen) atoms. The minimum absolute atomic E-state index is 0.178. The number of carbonyl (C=O) groups excluding carboxylic acids is 1. The summed E-state index contributed by atoms with van der Waals surface area (Å²) in [5.41, 5.74) is 3.39. The zero-order valence-corrected chi connectivity index (χ0v) is 18.6. The van der Waals surface area contributed by atoms with Gasteiger partial charge >= 0.3 is 0 Å². The molecule has 2 aromatic rings. The highest BCUT2D eigenvalue weighted by Crippen LogP contribution is 2.24. The zero-order chi connectivity index (χ0) is 21.8. The van der Waals surface area contributed by atoms with Crippen LogP contribution in [-0.4, -0.2) is 57.3 Å². The Bertz CT molecular complexity index is 1020. The van der Waals surface area contributed by atoms with E-state index in [9.17, 15) is 13.2 Å². The Morgan fingerprint density at radius 2 is 1.90 bits per heavy atom.